The number of carbonyl (C=O) groups excluding carboxylic acids is 1. The van der Waals surface area contributed by atoms with Crippen molar-refractivity contribution in [3.63, 3.8) is 0 Å². The first-order chi connectivity index (χ1) is 49.7. The maximum absolute atomic E-state index is 13.6. The van der Waals surface area contributed by atoms with E-state index < -0.39 is 52.3 Å². The lowest BCUT2D eigenvalue weighted by Crippen LogP contribution is -2.44. The van der Waals surface area contributed by atoms with E-state index in [1.807, 2.05) is 49.2 Å². The molecule has 0 saturated carbocycles. The summed E-state index contributed by atoms with van der Waals surface area (Å²) in [6, 6.07) is 20.1. The van der Waals surface area contributed by atoms with Gasteiger partial charge in [0.05, 0.1) is 16.3 Å². The second-order valence-electron chi connectivity index (χ2n) is 26.6. The van der Waals surface area contributed by atoms with Crippen LogP contribution >= 0.6 is 23.2 Å². The van der Waals surface area contributed by atoms with Crippen LogP contribution in [0.5, 0.6) is 0 Å². The minimum Gasteiger partial charge on any atom is -0.361 e. The Kier molecular flexibility index (Phi) is 24.1. The maximum Gasteiger partial charge on any atom is 0.281 e. The normalized spacial score (nSPS) is 17.4. The maximum atomic E-state index is 13.6. The van der Waals surface area contributed by atoms with Gasteiger partial charge in [-0.15, -0.1) is 0 Å². The van der Waals surface area contributed by atoms with Crippen molar-refractivity contribution in [1.82, 2.24) is 55.7 Å². The topological polar surface area (TPSA) is 281 Å². The van der Waals surface area contributed by atoms with Crippen LogP contribution < -0.4 is 5.14 Å². The van der Waals surface area contributed by atoms with Crippen LogP contribution in [0.15, 0.2) is 128 Å². The number of sulfonamides is 1. The molecule has 5 aromatic carbocycles. The van der Waals surface area contributed by atoms with Gasteiger partial charge in [-0.2, -0.15) is 51.1 Å². The molecule has 2 saturated heterocycles. The van der Waals surface area contributed by atoms with Crippen molar-refractivity contribution >= 4 is 141 Å². The average Bonchev–Trinajstić information content (AvgIpc) is 1.70. The molecule has 0 bridgehead atoms. The van der Waals surface area contributed by atoms with Gasteiger partial charge >= 0.3 is 0 Å². The van der Waals surface area contributed by atoms with E-state index in [4.69, 9.17) is 28.3 Å². The van der Waals surface area contributed by atoms with Gasteiger partial charge in [-0.3, -0.25) is 4.79 Å². The smallest absolute Gasteiger partial charge is 0.281 e. The van der Waals surface area contributed by atoms with Crippen molar-refractivity contribution in [2.45, 2.75) is 63.7 Å². The third kappa shape index (κ3) is 17.9. The zero-order valence-corrected chi connectivity index (χ0v) is 63.2. The Morgan fingerprint density at radius 3 is 1.25 bits per heavy atom. The molecular weight excluding hydrogens is 1490 g/mol. The number of H-pyrrole nitrogens is 5. The molecule has 7 N–H and O–H groups in total. The number of hydrogen-bond donors (Lipinski definition) is 6. The van der Waals surface area contributed by atoms with Gasteiger partial charge < -0.3 is 29.8 Å². The van der Waals surface area contributed by atoms with Crippen LogP contribution in [0.1, 0.15) is 91.5 Å². The minimum atomic E-state index is -3.59. The highest BCUT2D eigenvalue weighted by Gasteiger charge is 2.33. The fraction of sp³-hybridized carbons (Fsp3) is 0.347. The molecular formula is C72H82Cl2F5N13O9S4. The fourth-order valence-corrected chi connectivity index (χ4v) is 17.8. The lowest BCUT2D eigenvalue weighted by atomic mass is 9.90. The minimum absolute atomic E-state index is 0.0806. The van der Waals surface area contributed by atoms with Crippen LogP contribution in [0, 0.1) is 29.1 Å². The molecule has 0 aliphatic carbocycles. The lowest BCUT2D eigenvalue weighted by molar-refractivity contribution is -0.128. The lowest BCUT2D eigenvalue weighted by Gasteiger charge is -2.32. The summed E-state index contributed by atoms with van der Waals surface area (Å²) in [5.74, 6) is -1.03. The van der Waals surface area contributed by atoms with Crippen molar-refractivity contribution in [3.05, 3.63) is 195 Å². The third-order valence-corrected chi connectivity index (χ3v) is 26.5. The number of piperidine rings is 2. The number of nitrogens with zero attached hydrogens (tertiary/aromatic N) is 7. The zero-order chi connectivity index (χ0) is 75.6. The van der Waals surface area contributed by atoms with E-state index in [2.05, 4.69) is 24.9 Å². The summed E-state index contributed by atoms with van der Waals surface area (Å²) in [7, 11) is -7.30. The van der Waals surface area contributed by atoms with Crippen LogP contribution in [0.25, 0.3) is 71.2 Å². The standard InChI is InChI=1S/C15H14ClFN2O.C15H20FN3O2S.C15H18FN3O2S.C14H14ClFN2O2S.C13H16FN3O2S/c1-9(20)19-4-2-10(3-5-19)12-8-18-15-7-13(16)14(17)6-11(12)15;2*1-18(2)22(20,21)19-7-5-11(6-8-19)14-10-17-15-9-12(16)3-4-13(14)15;1-21(19,20)18-4-2-9(3-5-18)11-8-17-14-7-13(16)12(15)6-10(11)14;14-10-1-2-11-12(8-16-13(11)7-10)9-3-5-17(6-4-9)20(15,18)19/h2,6-8,18H,3-5H2,1H3;3-4,9-11,17H,5-8H2,1-2H3;3-5,9-10,17H,6-8H2,1-2H3;2,6-8,17H,3-5H2,1H3;1-2,7-9,16H,3-6H2,(H2,15,18,19). The highest BCUT2D eigenvalue weighted by molar-refractivity contribution is 7.88. The van der Waals surface area contributed by atoms with Gasteiger partial charge in [-0.1, -0.05) is 41.4 Å². The van der Waals surface area contributed by atoms with Crippen LogP contribution in [0.3, 0.4) is 0 Å². The quantitative estimate of drug-likeness (QED) is 0.0671. The Balaban J connectivity index is 0.000000131. The van der Waals surface area contributed by atoms with Gasteiger partial charge in [0, 0.05) is 203 Å². The molecule has 562 valence electrons. The summed E-state index contributed by atoms with van der Waals surface area (Å²) in [4.78, 5) is 28.5. The number of nitrogens with one attached hydrogen (secondary N) is 5. The van der Waals surface area contributed by atoms with Crippen molar-refractivity contribution in [1.29, 1.82) is 0 Å². The molecule has 0 radical (unpaired) electrons. The third-order valence-electron chi connectivity index (χ3n) is 19.7. The first kappa shape index (κ1) is 78.3. The number of halogens is 7. The number of amides is 1. The summed E-state index contributed by atoms with van der Waals surface area (Å²) in [6.07, 6.45) is 21.4. The van der Waals surface area contributed by atoms with E-state index in [9.17, 15) is 60.4 Å². The van der Waals surface area contributed by atoms with Crippen molar-refractivity contribution in [2.75, 3.05) is 99.9 Å². The summed E-state index contributed by atoms with van der Waals surface area (Å²) in [5, 5.41) is 9.98. The summed E-state index contributed by atoms with van der Waals surface area (Å²) >= 11 is 11.6. The summed E-state index contributed by atoms with van der Waals surface area (Å²) in [5.41, 5.74) is 12.3. The van der Waals surface area contributed by atoms with E-state index in [0.29, 0.717) is 89.7 Å². The second kappa shape index (κ2) is 32.4. The fourth-order valence-electron chi connectivity index (χ4n) is 13.8. The van der Waals surface area contributed by atoms with Gasteiger partial charge in [-0.25, -0.2) is 35.5 Å². The molecule has 0 spiro atoms. The average molecular weight is 1570 g/mol. The molecule has 2 fully saturated rings. The van der Waals surface area contributed by atoms with E-state index in [1.165, 1.54) is 94.7 Å². The highest BCUT2D eigenvalue weighted by atomic mass is 35.5. The monoisotopic (exact) mass is 1570 g/mol. The number of aromatic amines is 5. The van der Waals surface area contributed by atoms with Crippen molar-refractivity contribution in [2.24, 2.45) is 5.14 Å². The Morgan fingerprint density at radius 1 is 0.448 bits per heavy atom. The first-order valence-electron chi connectivity index (χ1n) is 33.8. The molecule has 0 unspecified atom stereocenters. The van der Waals surface area contributed by atoms with Crippen molar-refractivity contribution in [3.8, 4) is 0 Å². The zero-order valence-electron chi connectivity index (χ0n) is 58.5. The Morgan fingerprint density at radius 2 is 0.819 bits per heavy atom. The Labute approximate surface area is 616 Å². The second-order valence-corrected chi connectivity index (χ2v) is 35.3. The molecule has 5 aromatic heterocycles. The predicted octanol–water partition coefficient (Wildman–Crippen LogP) is 12.8. The van der Waals surface area contributed by atoms with Crippen molar-refractivity contribution < 1.29 is 60.4 Å². The van der Waals surface area contributed by atoms with E-state index in [-0.39, 0.29) is 39.3 Å². The molecule has 22 nitrogen and oxygen atoms in total. The van der Waals surface area contributed by atoms with Crippen LogP contribution in [-0.4, -0.2) is 195 Å². The molecule has 33 heteroatoms. The summed E-state index contributed by atoms with van der Waals surface area (Å²) in [6.45, 7) is 6.36. The Bertz CT molecular complexity index is 5470. The number of benzene rings is 5. The number of nitrogens with two attached hydrogens (primary N) is 1. The highest BCUT2D eigenvalue weighted by Crippen LogP contribution is 2.39. The molecule has 105 heavy (non-hydrogen) atoms. The number of rotatable bonds is 11. The van der Waals surface area contributed by atoms with Crippen LogP contribution in [0.2, 0.25) is 10.0 Å². The van der Waals surface area contributed by atoms with Gasteiger partial charge in [0.2, 0.25) is 15.9 Å². The molecule has 10 heterocycles. The van der Waals surface area contributed by atoms with Gasteiger partial charge in [-0.05, 0) is 163 Å². The molecule has 15 rings (SSSR count). The van der Waals surface area contributed by atoms with Gasteiger partial charge in [0.25, 0.3) is 30.6 Å². The molecule has 10 aromatic rings. The van der Waals surface area contributed by atoms with Gasteiger partial charge in [0.1, 0.15) is 29.1 Å². The number of hydrogen-bond acceptors (Lipinski definition) is 9. The van der Waals surface area contributed by atoms with E-state index in [0.717, 1.165) is 126 Å². The predicted molar refractivity (Wildman–Crippen MR) is 405 cm³/mol. The molecule has 5 aliphatic rings. The molecule has 0 atom stereocenters. The number of aromatic nitrogens is 5. The van der Waals surface area contributed by atoms with E-state index in [1.54, 1.807) is 56.3 Å². The van der Waals surface area contributed by atoms with E-state index >= 15 is 0 Å². The molecule has 1 amide bonds. The van der Waals surface area contributed by atoms with Crippen LogP contribution in [0.4, 0.5) is 22.0 Å². The number of fused-ring (bicyclic) bond motifs is 5. The SMILES string of the molecule is CC(=O)N1CC=C(c2c[nH]c3cc(Cl)c(F)cc23)CC1.CN(C)S(=O)(=O)N1CC=C(c2c[nH]c3cc(F)ccc23)CC1.CN(C)S(=O)(=O)N1CCC(c2c[nH]c3cc(F)ccc23)CC1.CS(=O)(=O)N1CC=C(c2c[nH]c3cc(F)c(Cl)cc23)CC1.NS(=O)(=O)N1CCC(c2c[nH]c3cc(F)ccc23)CC1. The Hall–Kier alpha value is -7.76. The van der Waals surface area contributed by atoms with Gasteiger partial charge in [0.15, 0.2) is 0 Å². The van der Waals surface area contributed by atoms with Crippen LogP contribution in [-0.2, 0) is 45.4 Å². The number of carbonyl (C=O) groups is 1. The summed E-state index contributed by atoms with van der Waals surface area (Å²) < 4.78 is 169. The first-order valence-corrected chi connectivity index (χ1v) is 40.7. The molecule has 5 aliphatic heterocycles. The largest absolute Gasteiger partial charge is 0.361 e.